The molecule has 1 saturated carbocycles. The zero-order valence-corrected chi connectivity index (χ0v) is 10.9. The van der Waals surface area contributed by atoms with Gasteiger partial charge < -0.3 is 5.32 Å². The van der Waals surface area contributed by atoms with Gasteiger partial charge in [0.1, 0.15) is 0 Å². The van der Waals surface area contributed by atoms with Crippen LogP contribution < -0.4 is 5.32 Å². The first-order valence-corrected chi connectivity index (χ1v) is 6.64. The summed E-state index contributed by atoms with van der Waals surface area (Å²) in [5, 5.41) is 4.32. The molecule has 0 radical (unpaired) electrons. The van der Waals surface area contributed by atoms with Crippen molar-refractivity contribution in [3.63, 3.8) is 0 Å². The fourth-order valence-electron chi connectivity index (χ4n) is 2.07. The van der Waals surface area contributed by atoms with Gasteiger partial charge in [-0.15, -0.1) is 0 Å². The summed E-state index contributed by atoms with van der Waals surface area (Å²) < 4.78 is 0.957. The molecular formula is C12H15BrClN. The second-order valence-electron chi connectivity index (χ2n) is 4.11. The Morgan fingerprint density at radius 3 is 2.60 bits per heavy atom. The van der Waals surface area contributed by atoms with E-state index in [9.17, 15) is 0 Å². The maximum absolute atomic E-state index is 6.04. The molecule has 1 fully saturated rings. The lowest BCUT2D eigenvalue weighted by molar-refractivity contribution is 0.463. The molecule has 0 heterocycles. The molecule has 82 valence electrons. The average Bonchev–Trinajstić information content (AvgIpc) is 2.25. The van der Waals surface area contributed by atoms with Crippen LogP contribution in [0.4, 0.5) is 5.69 Å². The maximum atomic E-state index is 6.04. The fourth-order valence-corrected chi connectivity index (χ4v) is 2.50. The van der Waals surface area contributed by atoms with E-state index in [1.807, 2.05) is 12.1 Å². The second kappa shape index (κ2) is 5.22. The molecule has 0 amide bonds. The number of halogens is 2. The molecule has 15 heavy (non-hydrogen) atoms. The molecule has 0 bridgehead atoms. The lowest BCUT2D eigenvalue weighted by Crippen LogP contribution is -2.22. The van der Waals surface area contributed by atoms with Gasteiger partial charge >= 0.3 is 0 Å². The van der Waals surface area contributed by atoms with Crippen molar-refractivity contribution in [2.24, 2.45) is 0 Å². The molecular weight excluding hydrogens is 273 g/mol. The Balaban J connectivity index is 2.00. The Kier molecular flexibility index (Phi) is 3.92. The topological polar surface area (TPSA) is 12.0 Å². The maximum Gasteiger partial charge on any atom is 0.0568 e. The van der Waals surface area contributed by atoms with Gasteiger partial charge in [-0.3, -0.25) is 0 Å². The van der Waals surface area contributed by atoms with Crippen molar-refractivity contribution in [2.75, 3.05) is 5.32 Å². The first-order valence-electron chi connectivity index (χ1n) is 5.47. The summed E-state index contributed by atoms with van der Waals surface area (Å²) in [4.78, 5) is 0. The normalized spacial score (nSPS) is 17.7. The van der Waals surface area contributed by atoms with Gasteiger partial charge in [-0.05, 0) is 47.0 Å². The van der Waals surface area contributed by atoms with Crippen LogP contribution in [0.25, 0.3) is 0 Å². The molecule has 0 aromatic heterocycles. The number of nitrogens with one attached hydrogen (secondary N) is 1. The van der Waals surface area contributed by atoms with Crippen LogP contribution in [0.3, 0.4) is 0 Å². The van der Waals surface area contributed by atoms with Gasteiger partial charge in [0.2, 0.25) is 0 Å². The first kappa shape index (κ1) is 11.3. The third-order valence-corrected chi connectivity index (χ3v) is 4.13. The fraction of sp³-hybridized carbons (Fsp3) is 0.500. The Hall–Kier alpha value is -0.210. The summed E-state index contributed by atoms with van der Waals surface area (Å²) in [6.07, 6.45) is 6.66. The number of anilines is 1. The predicted molar refractivity (Wildman–Crippen MR) is 69.6 cm³/mol. The van der Waals surface area contributed by atoms with Crippen molar-refractivity contribution < 1.29 is 0 Å². The summed E-state index contributed by atoms with van der Waals surface area (Å²) in [6, 6.07) is 6.69. The number of benzene rings is 1. The molecule has 0 atom stereocenters. The molecule has 1 aromatic rings. The second-order valence-corrected chi connectivity index (χ2v) is 5.37. The van der Waals surface area contributed by atoms with Gasteiger partial charge in [0.15, 0.2) is 0 Å². The van der Waals surface area contributed by atoms with Crippen LogP contribution >= 0.6 is 27.5 Å². The van der Waals surface area contributed by atoms with Gasteiger partial charge in [0.25, 0.3) is 0 Å². The van der Waals surface area contributed by atoms with Crippen LogP contribution in [0.1, 0.15) is 32.1 Å². The van der Waals surface area contributed by atoms with E-state index in [4.69, 9.17) is 11.6 Å². The summed E-state index contributed by atoms with van der Waals surface area (Å²) in [7, 11) is 0. The van der Waals surface area contributed by atoms with Crippen molar-refractivity contribution in [2.45, 2.75) is 38.1 Å². The first-order chi connectivity index (χ1) is 7.25. The molecule has 1 N–H and O–H groups in total. The van der Waals surface area contributed by atoms with Crippen LogP contribution in [-0.2, 0) is 0 Å². The summed E-state index contributed by atoms with van der Waals surface area (Å²) in [6.45, 7) is 0. The van der Waals surface area contributed by atoms with E-state index in [0.29, 0.717) is 6.04 Å². The van der Waals surface area contributed by atoms with Gasteiger partial charge in [0, 0.05) is 16.2 Å². The van der Waals surface area contributed by atoms with E-state index in [1.165, 1.54) is 32.1 Å². The average molecular weight is 289 g/mol. The molecule has 1 nitrogen and oxygen atoms in total. The van der Waals surface area contributed by atoms with Crippen molar-refractivity contribution in [3.05, 3.63) is 27.7 Å². The van der Waals surface area contributed by atoms with E-state index >= 15 is 0 Å². The molecule has 0 saturated heterocycles. The smallest absolute Gasteiger partial charge is 0.0568 e. The van der Waals surface area contributed by atoms with E-state index < -0.39 is 0 Å². The molecule has 0 spiro atoms. The van der Waals surface area contributed by atoms with Gasteiger partial charge in [0.05, 0.1) is 5.02 Å². The van der Waals surface area contributed by atoms with Gasteiger partial charge in [-0.25, -0.2) is 0 Å². The van der Waals surface area contributed by atoms with Crippen molar-refractivity contribution in [3.8, 4) is 0 Å². The van der Waals surface area contributed by atoms with Crippen LogP contribution in [0, 0.1) is 0 Å². The lowest BCUT2D eigenvalue weighted by atomic mass is 9.95. The number of hydrogen-bond acceptors (Lipinski definition) is 1. The Labute approximate surface area is 104 Å². The van der Waals surface area contributed by atoms with Crippen LogP contribution in [-0.4, -0.2) is 6.04 Å². The van der Waals surface area contributed by atoms with Crippen LogP contribution in [0.15, 0.2) is 22.7 Å². The highest BCUT2D eigenvalue weighted by Crippen LogP contribution is 2.27. The molecule has 3 heteroatoms. The number of rotatable bonds is 2. The lowest BCUT2D eigenvalue weighted by Gasteiger charge is -2.24. The molecule has 2 rings (SSSR count). The highest BCUT2D eigenvalue weighted by Gasteiger charge is 2.12. The molecule has 1 aromatic carbocycles. The molecule has 1 aliphatic rings. The predicted octanol–water partition coefficient (Wildman–Crippen LogP) is 4.85. The highest BCUT2D eigenvalue weighted by atomic mass is 79.9. The standard InChI is InChI=1S/C12H15BrClN/c13-11-7-6-10(8-12(11)14)15-9-4-2-1-3-5-9/h6-9,15H,1-5H2. The Morgan fingerprint density at radius 2 is 1.93 bits per heavy atom. The quantitative estimate of drug-likeness (QED) is 0.820. The van der Waals surface area contributed by atoms with Crippen molar-refractivity contribution >= 4 is 33.2 Å². The van der Waals surface area contributed by atoms with E-state index in [2.05, 4.69) is 27.3 Å². The van der Waals surface area contributed by atoms with E-state index in [0.717, 1.165) is 15.2 Å². The largest absolute Gasteiger partial charge is 0.382 e. The minimum atomic E-state index is 0.635. The summed E-state index contributed by atoms with van der Waals surface area (Å²) in [5.41, 5.74) is 1.13. The van der Waals surface area contributed by atoms with Crippen molar-refractivity contribution in [1.29, 1.82) is 0 Å². The molecule has 1 aliphatic carbocycles. The van der Waals surface area contributed by atoms with Crippen LogP contribution in [0.2, 0.25) is 5.02 Å². The molecule has 0 unspecified atom stereocenters. The highest BCUT2D eigenvalue weighted by molar-refractivity contribution is 9.10. The third-order valence-electron chi connectivity index (χ3n) is 2.90. The zero-order chi connectivity index (χ0) is 10.7. The van der Waals surface area contributed by atoms with E-state index in [1.54, 1.807) is 0 Å². The Bertz CT molecular complexity index is 334. The van der Waals surface area contributed by atoms with Crippen LogP contribution in [0.5, 0.6) is 0 Å². The van der Waals surface area contributed by atoms with Gasteiger partial charge in [-0.2, -0.15) is 0 Å². The monoisotopic (exact) mass is 287 g/mol. The Morgan fingerprint density at radius 1 is 1.20 bits per heavy atom. The minimum Gasteiger partial charge on any atom is -0.382 e. The third kappa shape index (κ3) is 3.12. The zero-order valence-electron chi connectivity index (χ0n) is 8.60. The summed E-state index contributed by atoms with van der Waals surface area (Å²) >= 11 is 9.44. The SMILES string of the molecule is Clc1cc(NC2CCCCC2)ccc1Br. The van der Waals surface area contributed by atoms with E-state index in [-0.39, 0.29) is 0 Å². The molecule has 0 aliphatic heterocycles. The summed E-state index contributed by atoms with van der Waals surface area (Å²) in [5.74, 6) is 0. The number of hydrogen-bond donors (Lipinski definition) is 1. The van der Waals surface area contributed by atoms with Gasteiger partial charge in [-0.1, -0.05) is 30.9 Å². The minimum absolute atomic E-state index is 0.635. The van der Waals surface area contributed by atoms with Crippen molar-refractivity contribution in [1.82, 2.24) is 0 Å².